The monoisotopic (exact) mass is 178 g/mol. The maximum absolute atomic E-state index is 4.35. The molecule has 12 heavy (non-hydrogen) atoms. The molecular formula is C11H14S. The molecule has 0 fully saturated rings. The van der Waals surface area contributed by atoms with E-state index in [0.29, 0.717) is 5.92 Å². The van der Waals surface area contributed by atoms with Gasteiger partial charge in [0.15, 0.2) is 0 Å². The average Bonchev–Trinajstić information content (AvgIpc) is 2.15. The van der Waals surface area contributed by atoms with E-state index in [9.17, 15) is 0 Å². The Balaban J connectivity index is 2.99. The van der Waals surface area contributed by atoms with Crippen molar-refractivity contribution in [3.63, 3.8) is 0 Å². The van der Waals surface area contributed by atoms with Crippen molar-refractivity contribution in [3.05, 3.63) is 46.9 Å². The van der Waals surface area contributed by atoms with Crippen LogP contribution in [0.4, 0.5) is 0 Å². The molecule has 0 aliphatic heterocycles. The Hall–Kier alpha value is -0.690. The molecule has 0 bridgehead atoms. The van der Waals surface area contributed by atoms with E-state index in [0.717, 1.165) is 10.5 Å². The van der Waals surface area contributed by atoms with E-state index in [1.54, 1.807) is 0 Å². The quantitative estimate of drug-likeness (QED) is 0.584. The SMILES string of the molecule is C=C1C=CC=C(C(C)C)C=C1S. The van der Waals surface area contributed by atoms with Crippen LogP contribution in [0.15, 0.2) is 46.9 Å². The second-order valence-corrected chi connectivity index (χ2v) is 3.72. The van der Waals surface area contributed by atoms with Crippen LogP contribution in [0, 0.1) is 5.92 Å². The summed E-state index contributed by atoms with van der Waals surface area (Å²) in [5.41, 5.74) is 2.28. The van der Waals surface area contributed by atoms with Gasteiger partial charge in [-0.1, -0.05) is 38.7 Å². The fraction of sp³-hybridized carbons (Fsp3) is 0.273. The van der Waals surface area contributed by atoms with Crippen molar-refractivity contribution < 1.29 is 0 Å². The zero-order valence-electron chi connectivity index (χ0n) is 7.54. The van der Waals surface area contributed by atoms with Crippen LogP contribution in [-0.2, 0) is 0 Å². The van der Waals surface area contributed by atoms with Crippen LogP contribution in [-0.4, -0.2) is 0 Å². The third kappa shape index (κ3) is 2.15. The molecule has 0 nitrogen and oxygen atoms in total. The average molecular weight is 178 g/mol. The number of thiol groups is 1. The summed E-state index contributed by atoms with van der Waals surface area (Å²) < 4.78 is 0. The lowest BCUT2D eigenvalue weighted by Crippen LogP contribution is -1.89. The molecule has 0 N–H and O–H groups in total. The Morgan fingerprint density at radius 2 is 2.08 bits per heavy atom. The van der Waals surface area contributed by atoms with Gasteiger partial charge >= 0.3 is 0 Å². The molecule has 1 heteroatoms. The molecule has 0 atom stereocenters. The highest BCUT2D eigenvalue weighted by molar-refractivity contribution is 7.84. The van der Waals surface area contributed by atoms with Crippen molar-refractivity contribution in [2.45, 2.75) is 13.8 Å². The Bertz CT molecular complexity index is 277. The van der Waals surface area contributed by atoms with Gasteiger partial charge in [0.2, 0.25) is 0 Å². The van der Waals surface area contributed by atoms with Gasteiger partial charge in [-0.15, -0.1) is 12.6 Å². The molecule has 0 amide bonds. The molecule has 0 unspecified atom stereocenters. The van der Waals surface area contributed by atoms with Crippen molar-refractivity contribution in [2.24, 2.45) is 5.92 Å². The molecule has 0 saturated heterocycles. The second kappa shape index (κ2) is 3.81. The van der Waals surface area contributed by atoms with Crippen LogP contribution < -0.4 is 0 Å². The van der Waals surface area contributed by atoms with Crippen molar-refractivity contribution in [3.8, 4) is 0 Å². The molecule has 0 saturated carbocycles. The minimum absolute atomic E-state index is 0.544. The molecule has 1 aliphatic carbocycles. The number of allylic oxidation sites excluding steroid dienone is 6. The number of hydrogen-bond acceptors (Lipinski definition) is 1. The van der Waals surface area contributed by atoms with Crippen LogP contribution in [0.1, 0.15) is 13.8 Å². The predicted octanol–water partition coefficient (Wildman–Crippen LogP) is 3.51. The largest absolute Gasteiger partial charge is 0.143 e. The van der Waals surface area contributed by atoms with Crippen molar-refractivity contribution >= 4 is 12.6 Å². The highest BCUT2D eigenvalue weighted by Gasteiger charge is 2.03. The minimum atomic E-state index is 0.544. The first-order valence-electron chi connectivity index (χ1n) is 4.09. The lowest BCUT2D eigenvalue weighted by molar-refractivity contribution is 0.792. The van der Waals surface area contributed by atoms with Crippen molar-refractivity contribution in [1.82, 2.24) is 0 Å². The standard InChI is InChI=1S/C11H14S/c1-8(2)10-6-4-5-9(3)11(12)7-10/h4-8,12H,3H2,1-2H3. The Labute approximate surface area is 79.8 Å². The van der Waals surface area contributed by atoms with Crippen molar-refractivity contribution in [2.75, 3.05) is 0 Å². The van der Waals surface area contributed by atoms with Gasteiger partial charge in [-0.3, -0.25) is 0 Å². The smallest absolute Gasteiger partial charge is 0.0109 e. The molecule has 1 aliphatic rings. The van der Waals surface area contributed by atoms with E-state index in [-0.39, 0.29) is 0 Å². The van der Waals surface area contributed by atoms with E-state index in [1.807, 2.05) is 12.2 Å². The first kappa shape index (κ1) is 9.40. The summed E-state index contributed by atoms with van der Waals surface area (Å²) in [6.07, 6.45) is 8.20. The fourth-order valence-electron chi connectivity index (χ4n) is 1.02. The van der Waals surface area contributed by atoms with Gasteiger partial charge in [0, 0.05) is 4.91 Å². The summed E-state index contributed by atoms with van der Waals surface area (Å²) in [6.45, 7) is 8.23. The van der Waals surface area contributed by atoms with Gasteiger partial charge in [0.05, 0.1) is 0 Å². The van der Waals surface area contributed by atoms with E-state index >= 15 is 0 Å². The maximum atomic E-state index is 4.35. The third-order valence-electron chi connectivity index (χ3n) is 1.89. The molecule has 0 heterocycles. The van der Waals surface area contributed by atoms with Gasteiger partial charge in [0.25, 0.3) is 0 Å². The second-order valence-electron chi connectivity index (χ2n) is 3.24. The van der Waals surface area contributed by atoms with Gasteiger partial charge in [-0.05, 0) is 23.1 Å². The molecule has 0 aromatic heterocycles. The maximum Gasteiger partial charge on any atom is 0.0109 e. The lowest BCUT2D eigenvalue weighted by Gasteiger charge is -2.05. The van der Waals surface area contributed by atoms with Crippen molar-refractivity contribution in [1.29, 1.82) is 0 Å². The van der Waals surface area contributed by atoms with Gasteiger partial charge in [-0.25, -0.2) is 0 Å². The summed E-state index contributed by atoms with van der Waals surface area (Å²) in [6, 6.07) is 0. The van der Waals surface area contributed by atoms with Gasteiger partial charge < -0.3 is 0 Å². The zero-order chi connectivity index (χ0) is 9.14. The highest BCUT2D eigenvalue weighted by atomic mass is 32.1. The molecule has 0 aromatic rings. The van der Waals surface area contributed by atoms with Crippen LogP contribution in [0.2, 0.25) is 0 Å². The molecule has 0 aromatic carbocycles. The Morgan fingerprint density at radius 3 is 2.67 bits per heavy atom. The Kier molecular flexibility index (Phi) is 2.99. The van der Waals surface area contributed by atoms with Gasteiger partial charge in [0.1, 0.15) is 0 Å². The van der Waals surface area contributed by atoms with E-state index in [2.05, 4.69) is 45.2 Å². The molecule has 0 spiro atoms. The molecule has 1 rings (SSSR count). The predicted molar refractivity (Wildman–Crippen MR) is 58.3 cm³/mol. The summed E-state index contributed by atoms with van der Waals surface area (Å²) in [5.74, 6) is 0.544. The number of hydrogen-bond donors (Lipinski definition) is 1. The zero-order valence-corrected chi connectivity index (χ0v) is 8.44. The minimum Gasteiger partial charge on any atom is -0.143 e. The topological polar surface area (TPSA) is 0 Å². The highest BCUT2D eigenvalue weighted by Crippen LogP contribution is 2.23. The van der Waals surface area contributed by atoms with Gasteiger partial charge in [-0.2, -0.15) is 0 Å². The molecule has 64 valence electrons. The summed E-state index contributed by atoms with van der Waals surface area (Å²) >= 11 is 4.35. The number of rotatable bonds is 1. The molecular weight excluding hydrogens is 164 g/mol. The van der Waals surface area contributed by atoms with Crippen LogP contribution in [0.25, 0.3) is 0 Å². The fourth-order valence-corrected chi connectivity index (χ4v) is 1.24. The normalized spacial score (nSPS) is 17.5. The first-order valence-corrected chi connectivity index (χ1v) is 4.54. The lowest BCUT2D eigenvalue weighted by atomic mass is 10.0. The first-order chi connectivity index (χ1) is 5.61. The van der Waals surface area contributed by atoms with E-state index < -0.39 is 0 Å². The van der Waals surface area contributed by atoms with E-state index in [1.165, 1.54) is 5.57 Å². The third-order valence-corrected chi connectivity index (χ3v) is 2.30. The van der Waals surface area contributed by atoms with Crippen LogP contribution in [0.5, 0.6) is 0 Å². The summed E-state index contributed by atoms with van der Waals surface area (Å²) in [7, 11) is 0. The van der Waals surface area contributed by atoms with Crippen LogP contribution in [0.3, 0.4) is 0 Å². The molecule has 0 radical (unpaired) electrons. The van der Waals surface area contributed by atoms with Crippen LogP contribution >= 0.6 is 12.6 Å². The van der Waals surface area contributed by atoms with E-state index in [4.69, 9.17) is 0 Å². The summed E-state index contributed by atoms with van der Waals surface area (Å²) in [5, 5.41) is 0. The Morgan fingerprint density at radius 1 is 1.42 bits per heavy atom. The summed E-state index contributed by atoms with van der Waals surface area (Å²) in [4.78, 5) is 0.962.